The van der Waals surface area contributed by atoms with Crippen LogP contribution in [0.3, 0.4) is 0 Å². The van der Waals surface area contributed by atoms with Gasteiger partial charge < -0.3 is 5.73 Å². The molecule has 1 aromatic carbocycles. The van der Waals surface area contributed by atoms with E-state index in [9.17, 15) is 0 Å². The predicted octanol–water partition coefficient (Wildman–Crippen LogP) is 3.03. The second-order valence-corrected chi connectivity index (χ2v) is 5.63. The topological polar surface area (TPSA) is 29.3 Å². The molecule has 2 heteroatoms. The van der Waals surface area contributed by atoms with Crippen LogP contribution in [-0.2, 0) is 6.54 Å². The van der Waals surface area contributed by atoms with Gasteiger partial charge in [0, 0.05) is 19.1 Å². The zero-order valence-electron chi connectivity index (χ0n) is 11.5. The summed E-state index contributed by atoms with van der Waals surface area (Å²) in [4.78, 5) is 2.59. The molecule has 0 amide bonds. The second kappa shape index (κ2) is 6.91. The summed E-state index contributed by atoms with van der Waals surface area (Å²) in [6.45, 7) is 5.75. The van der Waals surface area contributed by atoms with Crippen molar-refractivity contribution in [3.63, 3.8) is 0 Å². The van der Waals surface area contributed by atoms with E-state index >= 15 is 0 Å². The van der Waals surface area contributed by atoms with Crippen LogP contribution >= 0.6 is 0 Å². The van der Waals surface area contributed by atoms with Gasteiger partial charge in [-0.25, -0.2) is 0 Å². The first-order chi connectivity index (χ1) is 8.78. The Bertz CT molecular complexity index is 336. The Hall–Kier alpha value is -0.860. The fourth-order valence-electron chi connectivity index (χ4n) is 2.92. The van der Waals surface area contributed by atoms with Gasteiger partial charge in [-0.3, -0.25) is 4.90 Å². The Morgan fingerprint density at radius 2 is 2.11 bits per heavy atom. The molecule has 1 saturated heterocycles. The highest BCUT2D eigenvalue weighted by molar-refractivity contribution is 5.14. The number of nitrogens with zero attached hydrogens (tertiary/aromatic N) is 1. The van der Waals surface area contributed by atoms with Crippen molar-refractivity contribution in [2.45, 2.75) is 45.2 Å². The largest absolute Gasteiger partial charge is 0.328 e. The number of benzene rings is 1. The Kier molecular flexibility index (Phi) is 5.21. The summed E-state index contributed by atoms with van der Waals surface area (Å²) in [6.07, 6.45) is 4.99. The van der Waals surface area contributed by atoms with Crippen LogP contribution < -0.4 is 5.73 Å². The molecule has 18 heavy (non-hydrogen) atoms. The molecular formula is C16H26N2. The van der Waals surface area contributed by atoms with Crippen LogP contribution in [0.2, 0.25) is 0 Å². The summed E-state index contributed by atoms with van der Waals surface area (Å²) >= 11 is 0. The van der Waals surface area contributed by atoms with E-state index in [0.717, 1.165) is 18.9 Å². The Morgan fingerprint density at radius 3 is 2.83 bits per heavy atom. The molecule has 1 heterocycles. The van der Waals surface area contributed by atoms with Gasteiger partial charge in [0.15, 0.2) is 0 Å². The van der Waals surface area contributed by atoms with Crippen LogP contribution in [0.15, 0.2) is 30.3 Å². The summed E-state index contributed by atoms with van der Waals surface area (Å²) < 4.78 is 0. The Morgan fingerprint density at radius 1 is 1.33 bits per heavy atom. The summed E-state index contributed by atoms with van der Waals surface area (Å²) in [5.41, 5.74) is 7.51. The van der Waals surface area contributed by atoms with Crippen LogP contribution in [0, 0.1) is 5.92 Å². The molecule has 2 unspecified atom stereocenters. The van der Waals surface area contributed by atoms with E-state index in [4.69, 9.17) is 5.73 Å². The number of nitrogens with two attached hydrogens (primary N) is 1. The lowest BCUT2D eigenvalue weighted by Gasteiger charge is -2.33. The second-order valence-electron chi connectivity index (χ2n) is 5.63. The molecular weight excluding hydrogens is 220 g/mol. The van der Waals surface area contributed by atoms with E-state index in [2.05, 4.69) is 42.2 Å². The maximum absolute atomic E-state index is 6.08. The van der Waals surface area contributed by atoms with Crippen LogP contribution in [0.4, 0.5) is 0 Å². The first-order valence-corrected chi connectivity index (χ1v) is 7.29. The standard InChI is InChI=1S/C16H26N2/c1-2-16(17)11-15-9-6-10-18(13-15)12-14-7-4-3-5-8-14/h3-5,7-8,15-16H,2,6,9-13,17H2,1H3. The van der Waals surface area contributed by atoms with E-state index in [-0.39, 0.29) is 0 Å². The maximum Gasteiger partial charge on any atom is 0.0233 e. The average Bonchev–Trinajstić information content (AvgIpc) is 2.40. The molecule has 0 saturated carbocycles. The van der Waals surface area contributed by atoms with Crippen molar-refractivity contribution in [3.8, 4) is 0 Å². The molecule has 100 valence electrons. The number of rotatable bonds is 5. The fourth-order valence-corrected chi connectivity index (χ4v) is 2.92. The van der Waals surface area contributed by atoms with Crippen molar-refractivity contribution in [2.75, 3.05) is 13.1 Å². The summed E-state index contributed by atoms with van der Waals surface area (Å²) in [5, 5.41) is 0. The van der Waals surface area contributed by atoms with E-state index in [1.165, 1.54) is 37.9 Å². The lowest BCUT2D eigenvalue weighted by Crippen LogP contribution is -2.37. The number of piperidine rings is 1. The third-order valence-corrected chi connectivity index (χ3v) is 4.01. The molecule has 2 nitrogen and oxygen atoms in total. The van der Waals surface area contributed by atoms with Crippen LogP contribution in [0.5, 0.6) is 0 Å². The zero-order chi connectivity index (χ0) is 12.8. The molecule has 0 spiro atoms. The molecule has 2 atom stereocenters. The normalized spacial score (nSPS) is 22.9. The quantitative estimate of drug-likeness (QED) is 0.865. The van der Waals surface area contributed by atoms with Gasteiger partial charge in [0.25, 0.3) is 0 Å². The molecule has 1 aliphatic heterocycles. The molecule has 0 radical (unpaired) electrons. The van der Waals surface area contributed by atoms with Crippen molar-refractivity contribution < 1.29 is 0 Å². The van der Waals surface area contributed by atoms with Gasteiger partial charge in [-0.1, -0.05) is 37.3 Å². The lowest BCUT2D eigenvalue weighted by atomic mass is 9.90. The SMILES string of the molecule is CCC(N)CC1CCCN(Cc2ccccc2)C1. The molecule has 1 aromatic rings. The van der Waals surface area contributed by atoms with Gasteiger partial charge in [0.2, 0.25) is 0 Å². The van der Waals surface area contributed by atoms with Crippen molar-refractivity contribution in [2.24, 2.45) is 11.7 Å². The number of hydrogen-bond donors (Lipinski definition) is 1. The highest BCUT2D eigenvalue weighted by Gasteiger charge is 2.21. The van der Waals surface area contributed by atoms with Crippen molar-refractivity contribution in [1.82, 2.24) is 4.90 Å². The summed E-state index contributed by atoms with van der Waals surface area (Å²) in [6, 6.07) is 11.2. The minimum atomic E-state index is 0.395. The Balaban J connectivity index is 1.83. The highest BCUT2D eigenvalue weighted by Crippen LogP contribution is 2.22. The molecule has 2 N–H and O–H groups in total. The molecule has 1 aliphatic rings. The van der Waals surface area contributed by atoms with Crippen molar-refractivity contribution in [3.05, 3.63) is 35.9 Å². The molecule has 0 aliphatic carbocycles. The third-order valence-electron chi connectivity index (χ3n) is 4.01. The minimum absolute atomic E-state index is 0.395. The zero-order valence-corrected chi connectivity index (χ0v) is 11.5. The van der Waals surface area contributed by atoms with Gasteiger partial charge in [0.1, 0.15) is 0 Å². The van der Waals surface area contributed by atoms with Crippen molar-refractivity contribution in [1.29, 1.82) is 0 Å². The Labute approximate surface area is 111 Å². The van der Waals surface area contributed by atoms with E-state index in [1.807, 2.05) is 0 Å². The first kappa shape index (κ1) is 13.6. The van der Waals surface area contributed by atoms with E-state index < -0.39 is 0 Å². The summed E-state index contributed by atoms with van der Waals surface area (Å²) in [7, 11) is 0. The van der Waals surface area contributed by atoms with Crippen LogP contribution in [0.25, 0.3) is 0 Å². The maximum atomic E-state index is 6.08. The molecule has 2 rings (SSSR count). The van der Waals surface area contributed by atoms with Gasteiger partial charge in [-0.2, -0.15) is 0 Å². The van der Waals surface area contributed by atoms with Crippen LogP contribution in [-0.4, -0.2) is 24.0 Å². The van der Waals surface area contributed by atoms with Gasteiger partial charge >= 0.3 is 0 Å². The first-order valence-electron chi connectivity index (χ1n) is 7.29. The monoisotopic (exact) mass is 246 g/mol. The fraction of sp³-hybridized carbons (Fsp3) is 0.625. The number of likely N-dealkylation sites (tertiary alicyclic amines) is 1. The van der Waals surface area contributed by atoms with Gasteiger partial charge in [0.05, 0.1) is 0 Å². The molecule has 1 fully saturated rings. The van der Waals surface area contributed by atoms with Crippen molar-refractivity contribution >= 4 is 0 Å². The van der Waals surface area contributed by atoms with Crippen LogP contribution in [0.1, 0.15) is 38.2 Å². The predicted molar refractivity (Wildman–Crippen MR) is 77.3 cm³/mol. The lowest BCUT2D eigenvalue weighted by molar-refractivity contribution is 0.156. The minimum Gasteiger partial charge on any atom is -0.328 e. The molecule has 0 aromatic heterocycles. The molecule has 0 bridgehead atoms. The average molecular weight is 246 g/mol. The van der Waals surface area contributed by atoms with Gasteiger partial charge in [-0.05, 0) is 43.7 Å². The van der Waals surface area contributed by atoms with Gasteiger partial charge in [-0.15, -0.1) is 0 Å². The smallest absolute Gasteiger partial charge is 0.0233 e. The number of hydrogen-bond acceptors (Lipinski definition) is 2. The third kappa shape index (κ3) is 4.11. The highest BCUT2D eigenvalue weighted by atomic mass is 15.1. The van der Waals surface area contributed by atoms with E-state index in [0.29, 0.717) is 6.04 Å². The summed E-state index contributed by atoms with van der Waals surface area (Å²) in [5.74, 6) is 0.803. The van der Waals surface area contributed by atoms with E-state index in [1.54, 1.807) is 0 Å².